The van der Waals surface area contributed by atoms with Gasteiger partial charge in [-0.1, -0.05) is 36.4 Å². The van der Waals surface area contributed by atoms with E-state index in [1.807, 2.05) is 33.2 Å². The fraction of sp³-hybridized carbons (Fsp3) is 0.273. The number of carbonyl (C=O) groups excluding carboxylic acids is 1. The van der Waals surface area contributed by atoms with Gasteiger partial charge in [-0.3, -0.25) is 4.79 Å². The van der Waals surface area contributed by atoms with E-state index < -0.39 is 0 Å². The minimum atomic E-state index is 0.0749. The van der Waals surface area contributed by atoms with Gasteiger partial charge in [-0.05, 0) is 36.6 Å². The topological polar surface area (TPSA) is 45.2 Å². The van der Waals surface area contributed by atoms with Crippen molar-refractivity contribution in [3.8, 4) is 11.3 Å². The maximum Gasteiger partial charge on any atom is 0.220 e. The van der Waals surface area contributed by atoms with Crippen molar-refractivity contribution in [3.05, 3.63) is 70.0 Å². The number of thiazole rings is 1. The molecule has 0 atom stereocenters. The number of benzene rings is 2. The first-order valence-corrected chi connectivity index (χ1v) is 9.93. The fourth-order valence-electron chi connectivity index (χ4n) is 2.80. The molecule has 5 heteroatoms. The zero-order chi connectivity index (χ0) is 19.2. The van der Waals surface area contributed by atoms with E-state index in [-0.39, 0.29) is 5.91 Å². The molecule has 0 unspecified atom stereocenters. The molecule has 3 aromatic rings. The molecule has 1 aromatic heterocycles. The summed E-state index contributed by atoms with van der Waals surface area (Å²) in [6, 6.07) is 16.5. The number of aryl methyl sites for hydroxylation is 2. The number of anilines is 1. The molecule has 140 valence electrons. The molecular formula is C22H25N3OS. The van der Waals surface area contributed by atoms with Crippen LogP contribution in [0.2, 0.25) is 0 Å². The second-order valence-corrected chi connectivity index (χ2v) is 7.85. The van der Waals surface area contributed by atoms with Crippen molar-refractivity contribution in [2.45, 2.75) is 26.3 Å². The van der Waals surface area contributed by atoms with Gasteiger partial charge in [0.25, 0.3) is 0 Å². The molecule has 0 aliphatic heterocycles. The number of rotatable bonds is 7. The molecule has 0 aliphatic carbocycles. The number of carbonyl (C=O) groups is 1. The lowest BCUT2D eigenvalue weighted by Gasteiger charge is -2.12. The van der Waals surface area contributed by atoms with Crippen molar-refractivity contribution in [3.63, 3.8) is 0 Å². The third-order valence-electron chi connectivity index (χ3n) is 4.45. The first-order valence-electron chi connectivity index (χ1n) is 9.05. The summed E-state index contributed by atoms with van der Waals surface area (Å²) in [6.45, 7) is 2.56. The number of hydrogen-bond donors (Lipinski definition) is 1. The number of aromatic nitrogens is 1. The minimum Gasteiger partial charge on any atom is -0.378 e. The SMILES string of the molecule is Cc1nc(-c2ccc(CNC(=O)CCc3ccc(N(C)C)cc3)cc2)cs1. The average molecular weight is 380 g/mol. The predicted molar refractivity (Wildman–Crippen MR) is 113 cm³/mol. The summed E-state index contributed by atoms with van der Waals surface area (Å²) in [5, 5.41) is 6.14. The molecule has 0 spiro atoms. The molecule has 4 nitrogen and oxygen atoms in total. The highest BCUT2D eigenvalue weighted by molar-refractivity contribution is 7.09. The number of nitrogens with zero attached hydrogens (tertiary/aromatic N) is 2. The van der Waals surface area contributed by atoms with Gasteiger partial charge in [0.15, 0.2) is 0 Å². The number of nitrogens with one attached hydrogen (secondary N) is 1. The molecule has 27 heavy (non-hydrogen) atoms. The van der Waals surface area contributed by atoms with Gasteiger partial charge in [0.2, 0.25) is 5.91 Å². The summed E-state index contributed by atoms with van der Waals surface area (Å²) < 4.78 is 0. The molecule has 1 N–H and O–H groups in total. The van der Waals surface area contributed by atoms with Crippen LogP contribution in [0.1, 0.15) is 22.6 Å². The van der Waals surface area contributed by atoms with Crippen molar-refractivity contribution < 1.29 is 4.79 Å². The van der Waals surface area contributed by atoms with Gasteiger partial charge in [0, 0.05) is 43.7 Å². The summed E-state index contributed by atoms with van der Waals surface area (Å²) in [4.78, 5) is 18.7. The minimum absolute atomic E-state index is 0.0749. The van der Waals surface area contributed by atoms with Crippen LogP contribution in [0.4, 0.5) is 5.69 Å². The van der Waals surface area contributed by atoms with E-state index in [1.54, 1.807) is 11.3 Å². The molecule has 0 fully saturated rings. The Bertz CT molecular complexity index is 883. The van der Waals surface area contributed by atoms with Crippen LogP contribution in [0.15, 0.2) is 53.9 Å². The number of amides is 1. The van der Waals surface area contributed by atoms with Crippen molar-refractivity contribution >= 4 is 22.9 Å². The van der Waals surface area contributed by atoms with Crippen LogP contribution in [0.5, 0.6) is 0 Å². The van der Waals surface area contributed by atoms with Gasteiger partial charge in [-0.2, -0.15) is 0 Å². The van der Waals surface area contributed by atoms with Crippen LogP contribution in [-0.2, 0) is 17.8 Å². The average Bonchev–Trinajstić information content (AvgIpc) is 3.12. The van der Waals surface area contributed by atoms with Gasteiger partial charge < -0.3 is 10.2 Å². The van der Waals surface area contributed by atoms with E-state index in [9.17, 15) is 4.79 Å². The molecule has 0 radical (unpaired) electrons. The maximum atomic E-state index is 12.1. The Balaban J connectivity index is 1.46. The lowest BCUT2D eigenvalue weighted by molar-refractivity contribution is -0.121. The second kappa shape index (κ2) is 8.82. The first-order chi connectivity index (χ1) is 13.0. The van der Waals surface area contributed by atoms with E-state index in [0.29, 0.717) is 13.0 Å². The smallest absolute Gasteiger partial charge is 0.220 e. The standard InChI is InChI=1S/C22H25N3OS/c1-16-24-21(15-27-16)19-9-4-18(5-10-19)14-23-22(26)13-8-17-6-11-20(12-7-17)25(2)3/h4-7,9-12,15H,8,13-14H2,1-3H3,(H,23,26). The van der Waals surface area contributed by atoms with E-state index in [4.69, 9.17) is 0 Å². The Morgan fingerprint density at radius 2 is 1.70 bits per heavy atom. The molecule has 1 heterocycles. The lowest BCUT2D eigenvalue weighted by atomic mass is 10.1. The summed E-state index contributed by atoms with van der Waals surface area (Å²) in [5.74, 6) is 0.0749. The number of hydrogen-bond acceptors (Lipinski definition) is 4. The van der Waals surface area contributed by atoms with Crippen LogP contribution in [0, 0.1) is 6.92 Å². The van der Waals surface area contributed by atoms with Crippen molar-refractivity contribution in [1.82, 2.24) is 10.3 Å². The third kappa shape index (κ3) is 5.41. The second-order valence-electron chi connectivity index (χ2n) is 6.79. The summed E-state index contributed by atoms with van der Waals surface area (Å²) in [5.41, 5.74) is 5.55. The van der Waals surface area contributed by atoms with Gasteiger partial charge in [-0.25, -0.2) is 4.98 Å². The molecular weight excluding hydrogens is 354 g/mol. The van der Waals surface area contributed by atoms with E-state index in [0.717, 1.165) is 28.2 Å². The zero-order valence-corrected chi connectivity index (χ0v) is 16.8. The quantitative estimate of drug-likeness (QED) is 0.660. The van der Waals surface area contributed by atoms with Gasteiger partial charge in [0.1, 0.15) is 0 Å². The van der Waals surface area contributed by atoms with Crippen LogP contribution in [0.25, 0.3) is 11.3 Å². The molecule has 0 saturated carbocycles. The monoisotopic (exact) mass is 379 g/mol. The van der Waals surface area contributed by atoms with Crippen LogP contribution in [-0.4, -0.2) is 25.0 Å². The van der Waals surface area contributed by atoms with E-state index in [2.05, 4.69) is 57.0 Å². The highest BCUT2D eigenvalue weighted by atomic mass is 32.1. The van der Waals surface area contributed by atoms with Gasteiger partial charge in [-0.15, -0.1) is 11.3 Å². The maximum absolute atomic E-state index is 12.1. The fourth-order valence-corrected chi connectivity index (χ4v) is 3.42. The molecule has 0 bridgehead atoms. The highest BCUT2D eigenvalue weighted by Gasteiger charge is 2.05. The summed E-state index contributed by atoms with van der Waals surface area (Å²) in [7, 11) is 4.04. The molecule has 3 rings (SSSR count). The molecule has 0 saturated heterocycles. The van der Waals surface area contributed by atoms with Crippen molar-refractivity contribution in [1.29, 1.82) is 0 Å². The Morgan fingerprint density at radius 3 is 2.30 bits per heavy atom. The third-order valence-corrected chi connectivity index (χ3v) is 5.23. The largest absolute Gasteiger partial charge is 0.378 e. The Kier molecular flexibility index (Phi) is 6.24. The van der Waals surface area contributed by atoms with Crippen LogP contribution < -0.4 is 10.2 Å². The molecule has 1 amide bonds. The summed E-state index contributed by atoms with van der Waals surface area (Å²) >= 11 is 1.65. The van der Waals surface area contributed by atoms with E-state index >= 15 is 0 Å². The molecule has 0 aliphatic rings. The Hall–Kier alpha value is -2.66. The summed E-state index contributed by atoms with van der Waals surface area (Å²) in [6.07, 6.45) is 1.25. The van der Waals surface area contributed by atoms with Crippen LogP contribution in [0.3, 0.4) is 0 Å². The van der Waals surface area contributed by atoms with Gasteiger partial charge >= 0.3 is 0 Å². The lowest BCUT2D eigenvalue weighted by Crippen LogP contribution is -2.22. The highest BCUT2D eigenvalue weighted by Crippen LogP contribution is 2.21. The Morgan fingerprint density at radius 1 is 1.04 bits per heavy atom. The van der Waals surface area contributed by atoms with Crippen molar-refractivity contribution in [2.75, 3.05) is 19.0 Å². The van der Waals surface area contributed by atoms with Gasteiger partial charge in [0.05, 0.1) is 10.7 Å². The van der Waals surface area contributed by atoms with Crippen molar-refractivity contribution in [2.24, 2.45) is 0 Å². The first kappa shape index (κ1) is 19.1. The molecule has 2 aromatic carbocycles. The predicted octanol–water partition coefficient (Wildman–Crippen LogP) is 4.43. The Labute approximate surface area is 164 Å². The normalized spacial score (nSPS) is 10.6. The van der Waals surface area contributed by atoms with E-state index in [1.165, 1.54) is 11.3 Å². The zero-order valence-electron chi connectivity index (χ0n) is 16.0. The van der Waals surface area contributed by atoms with Crippen LogP contribution >= 0.6 is 11.3 Å².